The Balaban J connectivity index is 4.22. The van der Waals surface area contributed by atoms with E-state index in [0.717, 1.165) is 128 Å². The van der Waals surface area contributed by atoms with Crippen LogP contribution in [0, 0.1) is 0 Å². The highest BCUT2D eigenvalue weighted by molar-refractivity contribution is 5.71. The van der Waals surface area contributed by atoms with Crippen LogP contribution in [0.25, 0.3) is 0 Å². The van der Waals surface area contributed by atoms with E-state index in [1.807, 2.05) is 0 Å². The van der Waals surface area contributed by atoms with Gasteiger partial charge < -0.3 is 14.2 Å². The van der Waals surface area contributed by atoms with Gasteiger partial charge >= 0.3 is 17.9 Å². The van der Waals surface area contributed by atoms with Crippen molar-refractivity contribution in [1.82, 2.24) is 0 Å². The summed E-state index contributed by atoms with van der Waals surface area (Å²) in [6.07, 6.45) is 75.3. The van der Waals surface area contributed by atoms with Gasteiger partial charge in [0.05, 0.1) is 0 Å². The fourth-order valence-corrected chi connectivity index (χ4v) is 7.40. The van der Waals surface area contributed by atoms with E-state index in [0.29, 0.717) is 19.3 Å². The molecular formula is C62H102O6. The molecule has 0 fully saturated rings. The molecular weight excluding hydrogens is 841 g/mol. The van der Waals surface area contributed by atoms with Gasteiger partial charge in [0, 0.05) is 19.3 Å². The number of unbranched alkanes of at least 4 members (excludes halogenated alkanes) is 20. The molecule has 6 nitrogen and oxygen atoms in total. The van der Waals surface area contributed by atoms with Gasteiger partial charge in [-0.3, -0.25) is 14.4 Å². The number of rotatable bonds is 49. The van der Waals surface area contributed by atoms with Crippen LogP contribution >= 0.6 is 0 Å². The Morgan fingerprint density at radius 1 is 0.309 bits per heavy atom. The quantitative estimate of drug-likeness (QED) is 0.0262. The van der Waals surface area contributed by atoms with Crippen LogP contribution in [0.2, 0.25) is 0 Å². The minimum absolute atomic E-state index is 0.0863. The summed E-state index contributed by atoms with van der Waals surface area (Å²) in [4.78, 5) is 37.9. The van der Waals surface area contributed by atoms with Crippen LogP contribution in [-0.4, -0.2) is 37.2 Å². The first-order valence-electron chi connectivity index (χ1n) is 27.9. The van der Waals surface area contributed by atoms with Crippen molar-refractivity contribution in [3.8, 4) is 0 Å². The Morgan fingerprint density at radius 2 is 0.574 bits per heavy atom. The zero-order valence-corrected chi connectivity index (χ0v) is 44.1. The third kappa shape index (κ3) is 53.0. The Morgan fingerprint density at radius 3 is 0.897 bits per heavy atom. The predicted octanol–water partition coefficient (Wildman–Crippen LogP) is 18.7. The molecule has 1 atom stereocenters. The first-order chi connectivity index (χ1) is 33.5. The van der Waals surface area contributed by atoms with Crippen molar-refractivity contribution in [1.29, 1.82) is 0 Å². The van der Waals surface area contributed by atoms with Crippen molar-refractivity contribution in [2.75, 3.05) is 13.2 Å². The molecule has 0 bridgehead atoms. The first-order valence-corrected chi connectivity index (χ1v) is 27.9. The Bertz CT molecular complexity index is 1410. The molecule has 0 heterocycles. The SMILES string of the molecule is CC/C=C\C/C=C\C/C=C\C/C=C\C/C=C\CCCCCCCCCC(=O)OCC(COC(=O)CCCCCCCC)OC(=O)CCCCCCCCCC/C=C\C/C=C\C/C=C\C/C=C\CC. The van der Waals surface area contributed by atoms with Gasteiger partial charge in [-0.05, 0) is 103 Å². The molecule has 0 aromatic carbocycles. The molecule has 0 spiro atoms. The van der Waals surface area contributed by atoms with E-state index < -0.39 is 6.10 Å². The third-order valence-corrected chi connectivity index (χ3v) is 11.5. The number of hydrogen-bond donors (Lipinski definition) is 0. The van der Waals surface area contributed by atoms with E-state index in [2.05, 4.69) is 130 Å². The molecule has 0 aromatic rings. The average molecular weight is 943 g/mol. The van der Waals surface area contributed by atoms with Crippen LogP contribution in [-0.2, 0) is 28.6 Å². The van der Waals surface area contributed by atoms with Gasteiger partial charge in [-0.1, -0.05) is 233 Å². The topological polar surface area (TPSA) is 78.9 Å². The van der Waals surface area contributed by atoms with Crippen molar-refractivity contribution < 1.29 is 28.6 Å². The lowest BCUT2D eigenvalue weighted by atomic mass is 10.1. The van der Waals surface area contributed by atoms with E-state index >= 15 is 0 Å². The molecule has 68 heavy (non-hydrogen) atoms. The molecule has 386 valence electrons. The van der Waals surface area contributed by atoms with Crippen molar-refractivity contribution in [2.45, 2.75) is 252 Å². The lowest BCUT2D eigenvalue weighted by molar-refractivity contribution is -0.167. The summed E-state index contributed by atoms with van der Waals surface area (Å²) in [5.74, 6) is -0.917. The number of esters is 3. The molecule has 0 aliphatic heterocycles. The van der Waals surface area contributed by atoms with Crippen LogP contribution in [0.15, 0.2) is 109 Å². The van der Waals surface area contributed by atoms with Crippen molar-refractivity contribution in [3.05, 3.63) is 109 Å². The summed E-state index contributed by atoms with van der Waals surface area (Å²) >= 11 is 0. The van der Waals surface area contributed by atoms with Crippen LogP contribution in [0.1, 0.15) is 245 Å². The summed E-state index contributed by atoms with van der Waals surface area (Å²) in [5.41, 5.74) is 0. The summed E-state index contributed by atoms with van der Waals surface area (Å²) in [6.45, 7) is 6.33. The van der Waals surface area contributed by atoms with Gasteiger partial charge in [-0.2, -0.15) is 0 Å². The van der Waals surface area contributed by atoms with E-state index in [9.17, 15) is 14.4 Å². The molecule has 0 aliphatic carbocycles. The van der Waals surface area contributed by atoms with Gasteiger partial charge in [0.15, 0.2) is 6.10 Å². The van der Waals surface area contributed by atoms with Crippen LogP contribution in [0.3, 0.4) is 0 Å². The average Bonchev–Trinajstić information content (AvgIpc) is 3.34. The normalized spacial score (nSPS) is 12.9. The summed E-state index contributed by atoms with van der Waals surface area (Å²) < 4.78 is 16.7. The molecule has 0 aliphatic rings. The smallest absolute Gasteiger partial charge is 0.306 e. The maximum Gasteiger partial charge on any atom is 0.306 e. The second kappa shape index (κ2) is 55.7. The predicted molar refractivity (Wildman–Crippen MR) is 293 cm³/mol. The van der Waals surface area contributed by atoms with Gasteiger partial charge in [-0.25, -0.2) is 0 Å². The molecule has 0 radical (unpaired) electrons. The molecule has 0 aromatic heterocycles. The van der Waals surface area contributed by atoms with Crippen LogP contribution < -0.4 is 0 Å². The number of carbonyl (C=O) groups is 3. The van der Waals surface area contributed by atoms with E-state index in [4.69, 9.17) is 14.2 Å². The lowest BCUT2D eigenvalue weighted by Gasteiger charge is -2.18. The highest BCUT2D eigenvalue weighted by Crippen LogP contribution is 2.14. The Labute approximate surface area is 419 Å². The zero-order chi connectivity index (χ0) is 49.3. The molecule has 0 rings (SSSR count). The highest BCUT2D eigenvalue weighted by Gasteiger charge is 2.19. The maximum atomic E-state index is 12.8. The fourth-order valence-electron chi connectivity index (χ4n) is 7.40. The molecule has 0 N–H and O–H groups in total. The third-order valence-electron chi connectivity index (χ3n) is 11.5. The van der Waals surface area contributed by atoms with Gasteiger partial charge in [0.1, 0.15) is 13.2 Å². The van der Waals surface area contributed by atoms with Crippen molar-refractivity contribution in [3.63, 3.8) is 0 Å². The molecule has 6 heteroatoms. The first kappa shape index (κ1) is 64.1. The maximum absolute atomic E-state index is 12.8. The second-order valence-corrected chi connectivity index (χ2v) is 18.1. The number of hydrogen-bond acceptors (Lipinski definition) is 6. The highest BCUT2D eigenvalue weighted by atomic mass is 16.6. The molecule has 0 amide bonds. The van der Waals surface area contributed by atoms with Crippen molar-refractivity contribution >= 4 is 17.9 Å². The largest absolute Gasteiger partial charge is 0.462 e. The van der Waals surface area contributed by atoms with Crippen LogP contribution in [0.5, 0.6) is 0 Å². The number of carbonyl (C=O) groups excluding carboxylic acids is 3. The standard InChI is InChI=1S/C62H102O6/c1-4-7-10-13-16-18-20-22-24-26-28-30-31-33-34-36-38-40-42-44-46-49-52-55-61(64)67-58-59(57-66-60(63)54-51-48-15-12-9-6-3)68-62(65)56-53-50-47-45-43-41-39-37-35-32-29-27-25-23-21-19-17-14-11-8-5-2/h7-8,10-11,16-19,22-25,28-30,32-34,59H,4-6,9,12-15,20-21,26-27,31,35-58H2,1-3H3/b10-7-,11-8-,18-16-,19-17-,24-22-,25-23-,30-28-,32-29-,34-33-. The van der Waals surface area contributed by atoms with E-state index in [-0.39, 0.29) is 31.1 Å². The summed E-state index contributed by atoms with van der Waals surface area (Å²) in [6, 6.07) is 0. The second-order valence-electron chi connectivity index (χ2n) is 18.1. The molecule has 0 saturated heterocycles. The Hall–Kier alpha value is -3.93. The number of allylic oxidation sites excluding steroid dienone is 18. The van der Waals surface area contributed by atoms with E-state index in [1.165, 1.54) is 77.0 Å². The monoisotopic (exact) mass is 943 g/mol. The lowest BCUT2D eigenvalue weighted by Crippen LogP contribution is -2.30. The van der Waals surface area contributed by atoms with Gasteiger partial charge in [0.25, 0.3) is 0 Å². The van der Waals surface area contributed by atoms with Crippen molar-refractivity contribution in [2.24, 2.45) is 0 Å². The summed E-state index contributed by atoms with van der Waals surface area (Å²) in [7, 11) is 0. The minimum Gasteiger partial charge on any atom is -0.462 e. The zero-order valence-electron chi connectivity index (χ0n) is 44.1. The summed E-state index contributed by atoms with van der Waals surface area (Å²) in [5, 5.41) is 0. The minimum atomic E-state index is -0.786. The molecule has 1 unspecified atom stereocenters. The molecule has 0 saturated carbocycles. The van der Waals surface area contributed by atoms with Crippen LogP contribution in [0.4, 0.5) is 0 Å². The fraction of sp³-hybridized carbons (Fsp3) is 0.661. The Kier molecular flexibility index (Phi) is 52.4. The van der Waals surface area contributed by atoms with Gasteiger partial charge in [-0.15, -0.1) is 0 Å². The van der Waals surface area contributed by atoms with E-state index in [1.54, 1.807) is 0 Å². The number of ether oxygens (including phenoxy) is 3. The van der Waals surface area contributed by atoms with Gasteiger partial charge in [0.2, 0.25) is 0 Å².